The summed E-state index contributed by atoms with van der Waals surface area (Å²) in [5.74, 6) is -0.233. The van der Waals surface area contributed by atoms with Crippen molar-refractivity contribution in [1.29, 1.82) is 5.26 Å². The van der Waals surface area contributed by atoms with Crippen molar-refractivity contribution >= 4 is 11.9 Å². The fraction of sp³-hybridized carbons (Fsp3) is 0.0588. The first-order valence-electron chi connectivity index (χ1n) is 6.14. The number of carbonyl (C=O) groups is 1. The van der Waals surface area contributed by atoms with Gasteiger partial charge in [-0.1, -0.05) is 36.4 Å². The lowest BCUT2D eigenvalue weighted by atomic mass is 10.1. The van der Waals surface area contributed by atoms with Gasteiger partial charge in [-0.25, -0.2) is 0 Å². The largest absolute Gasteiger partial charge is 0.461 e. The fourth-order valence-electron chi connectivity index (χ4n) is 1.77. The lowest BCUT2D eigenvalue weighted by Gasteiger charge is -1.97. The molecule has 0 saturated carbocycles. The maximum atomic E-state index is 12.0. The number of ketones is 1. The number of carbonyl (C=O) groups excluding carboxylic acids is 1. The normalized spacial score (nSPS) is 12.0. The first kappa shape index (κ1) is 13.6. The highest BCUT2D eigenvalue weighted by Gasteiger charge is 2.14. The third-order valence-corrected chi connectivity index (χ3v) is 2.68. The number of furan rings is 1. The van der Waals surface area contributed by atoms with Crippen molar-refractivity contribution in [1.82, 2.24) is 0 Å². The number of rotatable bonds is 4. The van der Waals surface area contributed by atoms with Gasteiger partial charge in [0.2, 0.25) is 5.78 Å². The van der Waals surface area contributed by atoms with Crippen LogP contribution in [-0.2, 0) is 0 Å². The zero-order valence-corrected chi connectivity index (χ0v) is 11.0. The van der Waals surface area contributed by atoms with E-state index < -0.39 is 5.78 Å². The SMILES string of the molecule is CC(=C\c1ccccc1)/C=C(\C#N)C(=O)c1ccco1. The van der Waals surface area contributed by atoms with Crippen LogP contribution in [0.15, 0.2) is 70.4 Å². The minimum absolute atomic E-state index is 0.0598. The Morgan fingerprint density at radius 3 is 2.55 bits per heavy atom. The minimum Gasteiger partial charge on any atom is -0.461 e. The summed E-state index contributed by atoms with van der Waals surface area (Å²) >= 11 is 0. The van der Waals surface area contributed by atoms with Crippen LogP contribution in [0.5, 0.6) is 0 Å². The van der Waals surface area contributed by atoms with E-state index in [0.717, 1.165) is 11.1 Å². The molecule has 98 valence electrons. The van der Waals surface area contributed by atoms with E-state index in [1.165, 1.54) is 6.26 Å². The summed E-state index contributed by atoms with van der Waals surface area (Å²) in [4.78, 5) is 12.0. The molecule has 3 nitrogen and oxygen atoms in total. The molecular weight excluding hydrogens is 250 g/mol. The molecule has 0 spiro atoms. The monoisotopic (exact) mass is 263 g/mol. The number of hydrogen-bond donors (Lipinski definition) is 0. The number of nitrogens with zero attached hydrogens (tertiary/aromatic N) is 1. The Balaban J connectivity index is 2.26. The Morgan fingerprint density at radius 2 is 1.95 bits per heavy atom. The van der Waals surface area contributed by atoms with E-state index >= 15 is 0 Å². The van der Waals surface area contributed by atoms with Gasteiger partial charge in [0.05, 0.1) is 6.26 Å². The smallest absolute Gasteiger partial charge is 0.238 e. The van der Waals surface area contributed by atoms with Crippen molar-refractivity contribution in [2.45, 2.75) is 6.92 Å². The maximum Gasteiger partial charge on any atom is 0.238 e. The zero-order chi connectivity index (χ0) is 14.4. The Hall–Kier alpha value is -2.86. The van der Waals surface area contributed by atoms with Crippen molar-refractivity contribution in [2.75, 3.05) is 0 Å². The zero-order valence-electron chi connectivity index (χ0n) is 11.0. The number of nitriles is 1. The molecule has 2 aromatic rings. The molecule has 0 fully saturated rings. The number of allylic oxidation sites excluding steroid dienone is 3. The molecule has 20 heavy (non-hydrogen) atoms. The Bertz CT molecular complexity index is 686. The van der Waals surface area contributed by atoms with Crippen LogP contribution >= 0.6 is 0 Å². The third-order valence-electron chi connectivity index (χ3n) is 2.68. The molecule has 0 atom stereocenters. The predicted molar refractivity (Wildman–Crippen MR) is 76.8 cm³/mol. The molecule has 0 radical (unpaired) electrons. The number of Topliss-reactive ketones (excluding diaryl/α,β-unsaturated/α-hetero) is 1. The van der Waals surface area contributed by atoms with Gasteiger partial charge < -0.3 is 4.42 Å². The van der Waals surface area contributed by atoms with E-state index in [1.807, 2.05) is 49.4 Å². The molecule has 3 heteroatoms. The van der Waals surface area contributed by atoms with E-state index in [1.54, 1.807) is 18.2 Å². The first-order chi connectivity index (χ1) is 9.70. The van der Waals surface area contributed by atoms with E-state index in [-0.39, 0.29) is 11.3 Å². The van der Waals surface area contributed by atoms with Crippen molar-refractivity contribution in [3.63, 3.8) is 0 Å². The molecule has 0 amide bonds. The average molecular weight is 263 g/mol. The fourth-order valence-corrected chi connectivity index (χ4v) is 1.77. The van der Waals surface area contributed by atoms with Crippen LogP contribution in [0, 0.1) is 11.3 Å². The highest BCUT2D eigenvalue weighted by molar-refractivity contribution is 6.09. The summed E-state index contributed by atoms with van der Waals surface area (Å²) in [6.45, 7) is 1.85. The Morgan fingerprint density at radius 1 is 1.20 bits per heavy atom. The molecule has 0 aliphatic rings. The summed E-state index contributed by atoms with van der Waals surface area (Å²) < 4.78 is 5.02. The summed E-state index contributed by atoms with van der Waals surface area (Å²) in [6, 6.07) is 14.8. The Labute approximate surface area is 117 Å². The second kappa shape index (κ2) is 6.35. The van der Waals surface area contributed by atoms with Crippen LogP contribution in [0.25, 0.3) is 6.08 Å². The molecule has 0 saturated heterocycles. The van der Waals surface area contributed by atoms with Crippen molar-refractivity contribution in [3.05, 3.63) is 77.3 Å². The van der Waals surface area contributed by atoms with Crippen LogP contribution in [0.3, 0.4) is 0 Å². The van der Waals surface area contributed by atoms with E-state index in [0.29, 0.717) is 0 Å². The summed E-state index contributed by atoms with van der Waals surface area (Å²) in [5.41, 5.74) is 1.90. The number of hydrogen-bond acceptors (Lipinski definition) is 3. The van der Waals surface area contributed by atoms with E-state index in [9.17, 15) is 4.79 Å². The molecule has 0 aliphatic carbocycles. The van der Waals surface area contributed by atoms with Gasteiger partial charge in [0.15, 0.2) is 5.76 Å². The second-order valence-corrected chi connectivity index (χ2v) is 4.28. The maximum absolute atomic E-state index is 12.0. The highest BCUT2D eigenvalue weighted by atomic mass is 16.3. The lowest BCUT2D eigenvalue weighted by Crippen LogP contribution is -2.00. The van der Waals surface area contributed by atoms with Gasteiger partial charge in [-0.05, 0) is 36.3 Å². The van der Waals surface area contributed by atoms with Gasteiger partial charge in [-0.2, -0.15) is 5.26 Å². The molecule has 0 unspecified atom stereocenters. The van der Waals surface area contributed by atoms with E-state index in [2.05, 4.69) is 0 Å². The van der Waals surface area contributed by atoms with Crippen molar-refractivity contribution in [3.8, 4) is 6.07 Å². The van der Waals surface area contributed by atoms with Crippen LogP contribution in [0.1, 0.15) is 23.0 Å². The second-order valence-electron chi connectivity index (χ2n) is 4.28. The van der Waals surface area contributed by atoms with Crippen LogP contribution in [0.2, 0.25) is 0 Å². The molecule has 1 heterocycles. The molecule has 2 rings (SSSR count). The minimum atomic E-state index is -0.404. The number of benzene rings is 1. The van der Waals surface area contributed by atoms with E-state index in [4.69, 9.17) is 9.68 Å². The van der Waals surface area contributed by atoms with Gasteiger partial charge in [0.1, 0.15) is 11.6 Å². The summed E-state index contributed by atoms with van der Waals surface area (Å²) in [6.07, 6.45) is 4.89. The molecule has 0 aliphatic heterocycles. The summed E-state index contributed by atoms with van der Waals surface area (Å²) in [7, 11) is 0. The highest BCUT2D eigenvalue weighted by Crippen LogP contribution is 2.13. The summed E-state index contributed by atoms with van der Waals surface area (Å²) in [5, 5.41) is 9.10. The average Bonchev–Trinajstić information content (AvgIpc) is 2.99. The van der Waals surface area contributed by atoms with Gasteiger partial charge in [0.25, 0.3) is 0 Å². The molecule has 1 aromatic heterocycles. The van der Waals surface area contributed by atoms with Gasteiger partial charge in [-0.15, -0.1) is 0 Å². The molecule has 1 aromatic carbocycles. The Kier molecular flexibility index (Phi) is 4.31. The third kappa shape index (κ3) is 3.33. The van der Waals surface area contributed by atoms with Gasteiger partial charge in [0, 0.05) is 0 Å². The lowest BCUT2D eigenvalue weighted by molar-refractivity contribution is 0.101. The quantitative estimate of drug-likeness (QED) is 0.362. The molecule has 0 bridgehead atoms. The van der Waals surface area contributed by atoms with Crippen LogP contribution < -0.4 is 0 Å². The predicted octanol–water partition coefficient (Wildman–Crippen LogP) is 4.02. The standard InChI is InChI=1S/C17H13NO2/c1-13(10-14-6-3-2-4-7-14)11-15(12-18)17(19)16-8-5-9-20-16/h2-11H,1H3/b13-10+,15-11+. The van der Waals surface area contributed by atoms with Crippen LogP contribution in [-0.4, -0.2) is 5.78 Å². The van der Waals surface area contributed by atoms with Crippen molar-refractivity contribution < 1.29 is 9.21 Å². The topological polar surface area (TPSA) is 54.0 Å². The first-order valence-corrected chi connectivity index (χ1v) is 6.14. The molecule has 0 N–H and O–H groups in total. The van der Waals surface area contributed by atoms with Gasteiger partial charge in [-0.3, -0.25) is 4.79 Å². The van der Waals surface area contributed by atoms with Gasteiger partial charge >= 0.3 is 0 Å². The molecular formula is C17H13NO2. The van der Waals surface area contributed by atoms with Crippen LogP contribution in [0.4, 0.5) is 0 Å². The van der Waals surface area contributed by atoms with Crippen molar-refractivity contribution in [2.24, 2.45) is 0 Å².